The Kier molecular flexibility index (Phi) is 6.52. The Bertz CT molecular complexity index is 794. The quantitative estimate of drug-likeness (QED) is 0.668. The number of benzene rings is 1. The van der Waals surface area contributed by atoms with Gasteiger partial charge in [-0.25, -0.2) is 8.42 Å². The maximum absolute atomic E-state index is 12.4. The molecule has 0 saturated carbocycles. The third-order valence-corrected chi connectivity index (χ3v) is 6.32. The molecule has 2 rings (SSSR count). The van der Waals surface area contributed by atoms with Crippen LogP contribution in [0.25, 0.3) is 0 Å². The second kappa shape index (κ2) is 8.26. The summed E-state index contributed by atoms with van der Waals surface area (Å²) in [4.78, 5) is 25.9. The third kappa shape index (κ3) is 5.11. The molecule has 0 aromatic heterocycles. The molecule has 1 amide bonds. The van der Waals surface area contributed by atoms with E-state index in [1.54, 1.807) is 18.2 Å². The molecule has 1 aliphatic heterocycles. The first-order valence-corrected chi connectivity index (χ1v) is 10.3. The minimum Gasteiger partial charge on any atom is -0.496 e. The number of rotatable bonds is 6. The molecule has 1 aromatic rings. The molecule has 1 heterocycles. The Hall–Kier alpha value is -1.80. The lowest BCUT2D eigenvalue weighted by atomic mass is 10.1. The molecule has 26 heavy (non-hydrogen) atoms. The van der Waals surface area contributed by atoms with E-state index >= 15 is 0 Å². The normalized spacial score (nSPS) is 19.6. The number of hydrogen-bond acceptors (Lipinski definition) is 6. The molecule has 0 aliphatic carbocycles. The summed E-state index contributed by atoms with van der Waals surface area (Å²) in [5.74, 6) is -0.524. The van der Waals surface area contributed by atoms with E-state index in [4.69, 9.17) is 21.1 Å². The van der Waals surface area contributed by atoms with Crippen LogP contribution in [-0.4, -0.2) is 63.0 Å². The van der Waals surface area contributed by atoms with Crippen LogP contribution < -0.4 is 4.74 Å². The number of amides is 1. The Morgan fingerprint density at radius 3 is 2.65 bits per heavy atom. The van der Waals surface area contributed by atoms with Crippen LogP contribution in [0.4, 0.5) is 0 Å². The predicted molar refractivity (Wildman–Crippen MR) is 97.1 cm³/mol. The van der Waals surface area contributed by atoms with Gasteiger partial charge < -0.3 is 14.4 Å². The molecule has 144 valence electrons. The summed E-state index contributed by atoms with van der Waals surface area (Å²) in [6.45, 7) is 1.47. The van der Waals surface area contributed by atoms with Crippen molar-refractivity contribution in [1.29, 1.82) is 0 Å². The number of methoxy groups -OCH3 is 1. The van der Waals surface area contributed by atoms with Gasteiger partial charge in [0.2, 0.25) is 0 Å². The van der Waals surface area contributed by atoms with E-state index in [2.05, 4.69) is 0 Å². The van der Waals surface area contributed by atoms with Crippen molar-refractivity contribution in [3.63, 3.8) is 0 Å². The fourth-order valence-electron chi connectivity index (χ4n) is 2.88. The number of hydrogen-bond donors (Lipinski definition) is 0. The number of halogens is 1. The molecule has 1 saturated heterocycles. The molecule has 0 N–H and O–H groups in total. The largest absolute Gasteiger partial charge is 0.496 e. The summed E-state index contributed by atoms with van der Waals surface area (Å²) in [5.41, 5.74) is 0.555. The summed E-state index contributed by atoms with van der Waals surface area (Å²) < 4.78 is 33.5. The third-order valence-electron chi connectivity index (χ3n) is 4.34. The molecule has 1 aromatic carbocycles. The summed E-state index contributed by atoms with van der Waals surface area (Å²) in [6, 6.07) is 4.50. The molecule has 2 atom stereocenters. The molecule has 9 heteroatoms. The van der Waals surface area contributed by atoms with Crippen LogP contribution in [0.15, 0.2) is 18.2 Å². The highest BCUT2D eigenvalue weighted by molar-refractivity contribution is 7.91. The fourth-order valence-corrected chi connectivity index (χ4v) is 4.85. The van der Waals surface area contributed by atoms with Gasteiger partial charge in [0.1, 0.15) is 5.75 Å². The van der Waals surface area contributed by atoms with Crippen molar-refractivity contribution in [1.82, 2.24) is 4.90 Å². The van der Waals surface area contributed by atoms with Crippen molar-refractivity contribution in [2.75, 3.05) is 25.7 Å². The molecule has 0 radical (unpaired) electrons. The number of ether oxygens (including phenoxy) is 2. The van der Waals surface area contributed by atoms with Crippen molar-refractivity contribution in [2.24, 2.45) is 0 Å². The van der Waals surface area contributed by atoms with E-state index in [1.165, 1.54) is 26.0 Å². The van der Waals surface area contributed by atoms with Crippen LogP contribution in [0.1, 0.15) is 18.9 Å². The topological polar surface area (TPSA) is 90.0 Å². The maximum atomic E-state index is 12.4. The average molecular weight is 404 g/mol. The van der Waals surface area contributed by atoms with Crippen molar-refractivity contribution in [3.8, 4) is 5.75 Å². The van der Waals surface area contributed by atoms with Gasteiger partial charge in [0.05, 0.1) is 25.0 Å². The highest BCUT2D eigenvalue weighted by atomic mass is 35.5. The lowest BCUT2D eigenvalue weighted by Gasteiger charge is -2.26. The van der Waals surface area contributed by atoms with Crippen molar-refractivity contribution >= 4 is 33.3 Å². The second-order valence-corrected chi connectivity index (χ2v) is 8.94. The molecular formula is C17H22ClNO6S. The van der Waals surface area contributed by atoms with Crippen LogP contribution in [0.5, 0.6) is 5.75 Å². The zero-order chi connectivity index (χ0) is 19.5. The minimum atomic E-state index is -3.10. The molecule has 0 bridgehead atoms. The first-order valence-electron chi connectivity index (χ1n) is 8.12. The van der Waals surface area contributed by atoms with Crippen molar-refractivity contribution in [2.45, 2.75) is 31.9 Å². The van der Waals surface area contributed by atoms with Crippen LogP contribution in [-0.2, 0) is 30.6 Å². The van der Waals surface area contributed by atoms with Crippen LogP contribution in [0.2, 0.25) is 5.02 Å². The van der Waals surface area contributed by atoms with Gasteiger partial charge in [0.15, 0.2) is 15.9 Å². The standard InChI is InChI=1S/C17H22ClNO6S/c1-11(17(21)19(2)14-6-7-26(22,23)10-14)25-16(20)9-12-8-13(18)4-5-15(12)24-3/h4-5,8,11,14H,6-7,9-10H2,1-3H3/t11-,14-/m1/s1. The molecule has 7 nitrogen and oxygen atoms in total. The van der Waals surface area contributed by atoms with Crippen LogP contribution in [0, 0.1) is 0 Å². The van der Waals surface area contributed by atoms with Gasteiger partial charge in [-0.15, -0.1) is 0 Å². The van der Waals surface area contributed by atoms with E-state index in [0.29, 0.717) is 22.8 Å². The van der Waals surface area contributed by atoms with E-state index < -0.39 is 27.8 Å². The fraction of sp³-hybridized carbons (Fsp3) is 0.529. The maximum Gasteiger partial charge on any atom is 0.311 e. The number of carbonyl (C=O) groups excluding carboxylic acids is 2. The highest BCUT2D eigenvalue weighted by Gasteiger charge is 2.34. The molecular weight excluding hydrogens is 382 g/mol. The zero-order valence-corrected chi connectivity index (χ0v) is 16.5. The van der Waals surface area contributed by atoms with E-state index in [-0.39, 0.29) is 24.0 Å². The molecule has 1 fully saturated rings. The molecule has 1 aliphatic rings. The Balaban J connectivity index is 1.96. The van der Waals surface area contributed by atoms with Gasteiger partial charge in [0, 0.05) is 23.7 Å². The van der Waals surface area contributed by atoms with Gasteiger partial charge in [-0.3, -0.25) is 9.59 Å². The van der Waals surface area contributed by atoms with E-state index in [1.807, 2.05) is 0 Å². The average Bonchev–Trinajstić information content (AvgIpc) is 2.93. The van der Waals surface area contributed by atoms with Gasteiger partial charge in [-0.1, -0.05) is 11.6 Å². The minimum absolute atomic E-state index is 0.0599. The smallest absolute Gasteiger partial charge is 0.311 e. The van der Waals surface area contributed by atoms with Gasteiger partial charge >= 0.3 is 5.97 Å². The van der Waals surface area contributed by atoms with Crippen molar-refractivity contribution < 1.29 is 27.5 Å². The number of carbonyl (C=O) groups is 2. The second-order valence-electron chi connectivity index (χ2n) is 6.27. The molecule has 0 unspecified atom stereocenters. The summed E-state index contributed by atoms with van der Waals surface area (Å²) in [7, 11) is -0.0963. The number of likely N-dealkylation sites (N-methyl/N-ethyl adjacent to an activating group) is 1. The highest BCUT2D eigenvalue weighted by Crippen LogP contribution is 2.23. The zero-order valence-electron chi connectivity index (χ0n) is 14.9. The number of nitrogens with zero attached hydrogens (tertiary/aromatic N) is 1. The summed E-state index contributed by atoms with van der Waals surface area (Å²) in [5, 5.41) is 0.458. The van der Waals surface area contributed by atoms with E-state index in [9.17, 15) is 18.0 Å². The van der Waals surface area contributed by atoms with Gasteiger partial charge in [0.25, 0.3) is 5.91 Å². The van der Waals surface area contributed by atoms with E-state index in [0.717, 1.165) is 0 Å². The van der Waals surface area contributed by atoms with Gasteiger partial charge in [-0.05, 0) is 31.5 Å². The first kappa shape index (κ1) is 20.5. The first-order chi connectivity index (χ1) is 12.1. The lowest BCUT2D eigenvalue weighted by molar-refractivity contribution is -0.158. The number of esters is 1. The summed E-state index contributed by atoms with van der Waals surface area (Å²) in [6.07, 6.45) is -0.714. The monoisotopic (exact) mass is 403 g/mol. The Morgan fingerprint density at radius 1 is 1.38 bits per heavy atom. The SMILES string of the molecule is COc1ccc(Cl)cc1CC(=O)O[C@H](C)C(=O)N(C)[C@@H]1CCS(=O)(=O)C1. The number of sulfone groups is 1. The van der Waals surface area contributed by atoms with Crippen LogP contribution >= 0.6 is 11.6 Å². The Labute approximate surface area is 158 Å². The lowest BCUT2D eigenvalue weighted by Crippen LogP contribution is -2.44. The van der Waals surface area contributed by atoms with Gasteiger partial charge in [-0.2, -0.15) is 0 Å². The summed E-state index contributed by atoms with van der Waals surface area (Å²) >= 11 is 5.93. The van der Waals surface area contributed by atoms with Crippen LogP contribution in [0.3, 0.4) is 0 Å². The van der Waals surface area contributed by atoms with Crippen molar-refractivity contribution in [3.05, 3.63) is 28.8 Å². The molecule has 0 spiro atoms. The predicted octanol–water partition coefficient (Wildman–Crippen LogP) is 1.47. The Morgan fingerprint density at radius 2 is 2.08 bits per heavy atom.